The highest BCUT2D eigenvalue weighted by atomic mass is 16.2. The molecule has 1 saturated carbocycles. The topological polar surface area (TPSA) is 106 Å². The van der Waals surface area contributed by atoms with Crippen LogP contribution in [0.5, 0.6) is 0 Å². The van der Waals surface area contributed by atoms with Gasteiger partial charge in [0.05, 0.1) is 5.39 Å². The zero-order chi connectivity index (χ0) is 24.1. The summed E-state index contributed by atoms with van der Waals surface area (Å²) in [5, 5.41) is 5.85. The minimum atomic E-state index is -0.0167. The van der Waals surface area contributed by atoms with E-state index in [4.69, 9.17) is 5.73 Å². The Hall–Kier alpha value is -3.94. The first-order valence-corrected chi connectivity index (χ1v) is 12.2. The molecular formula is C27H28N6O2. The average Bonchev–Trinajstić information content (AvgIpc) is 3.60. The summed E-state index contributed by atoms with van der Waals surface area (Å²) in [6.45, 7) is 3.09. The summed E-state index contributed by atoms with van der Waals surface area (Å²) >= 11 is 0. The number of nitrogens with two attached hydrogens (primary N) is 1. The van der Waals surface area contributed by atoms with Crippen LogP contribution in [0.25, 0.3) is 32.9 Å². The smallest absolute Gasteiger partial charge is 0.252 e. The first kappa shape index (κ1) is 21.6. The molecule has 0 atom stereocenters. The van der Waals surface area contributed by atoms with Crippen molar-refractivity contribution in [2.45, 2.75) is 44.7 Å². The van der Waals surface area contributed by atoms with E-state index in [9.17, 15) is 9.59 Å². The van der Waals surface area contributed by atoms with Crippen molar-refractivity contribution in [1.29, 1.82) is 0 Å². The SMILES string of the molecule is CC(=O)N1CCC(n2cc(-c3ccc4c(C(=O)NC5CC5)cccc4c3)c3c(N)ncnc32)CC1. The van der Waals surface area contributed by atoms with Gasteiger partial charge in [0.15, 0.2) is 0 Å². The summed E-state index contributed by atoms with van der Waals surface area (Å²) in [4.78, 5) is 35.3. The van der Waals surface area contributed by atoms with E-state index in [1.807, 2.05) is 35.2 Å². The Kier molecular flexibility index (Phi) is 5.16. The maximum absolute atomic E-state index is 12.8. The van der Waals surface area contributed by atoms with Gasteiger partial charge < -0.3 is 20.5 Å². The summed E-state index contributed by atoms with van der Waals surface area (Å²) in [5.74, 6) is 0.550. The Bertz CT molecular complexity index is 1460. The fraction of sp³-hybridized carbons (Fsp3) is 0.333. The van der Waals surface area contributed by atoms with Gasteiger partial charge in [-0.15, -0.1) is 0 Å². The maximum atomic E-state index is 12.8. The molecule has 8 heteroatoms. The second kappa shape index (κ2) is 8.37. The molecule has 0 unspecified atom stereocenters. The van der Waals surface area contributed by atoms with E-state index in [1.165, 1.54) is 6.33 Å². The number of anilines is 1. The zero-order valence-electron chi connectivity index (χ0n) is 19.7. The second-order valence-corrected chi connectivity index (χ2v) is 9.63. The van der Waals surface area contributed by atoms with Gasteiger partial charge >= 0.3 is 0 Å². The van der Waals surface area contributed by atoms with Crippen molar-refractivity contribution in [2.24, 2.45) is 0 Å². The van der Waals surface area contributed by atoms with E-state index in [0.29, 0.717) is 17.4 Å². The molecule has 8 nitrogen and oxygen atoms in total. The number of carbonyl (C=O) groups is 2. The van der Waals surface area contributed by atoms with E-state index < -0.39 is 0 Å². The van der Waals surface area contributed by atoms with E-state index in [2.05, 4.69) is 32.1 Å². The van der Waals surface area contributed by atoms with Crippen LogP contribution in [-0.4, -0.2) is 50.4 Å². The molecule has 3 N–H and O–H groups in total. The number of nitrogen functional groups attached to an aromatic ring is 1. The van der Waals surface area contributed by atoms with Crippen LogP contribution in [0.2, 0.25) is 0 Å². The predicted molar refractivity (Wildman–Crippen MR) is 136 cm³/mol. The fourth-order valence-electron chi connectivity index (χ4n) is 5.20. The Morgan fingerprint density at radius 1 is 1.06 bits per heavy atom. The van der Waals surface area contributed by atoms with Crippen LogP contribution >= 0.6 is 0 Å². The maximum Gasteiger partial charge on any atom is 0.252 e. The number of rotatable bonds is 4. The number of benzene rings is 2. The van der Waals surface area contributed by atoms with Gasteiger partial charge in [-0.25, -0.2) is 9.97 Å². The van der Waals surface area contributed by atoms with Crippen molar-refractivity contribution in [3.63, 3.8) is 0 Å². The minimum Gasteiger partial charge on any atom is -0.383 e. The molecule has 2 aromatic carbocycles. The lowest BCUT2D eigenvalue weighted by molar-refractivity contribution is -0.130. The zero-order valence-corrected chi connectivity index (χ0v) is 19.7. The van der Waals surface area contributed by atoms with Crippen molar-refractivity contribution in [3.05, 3.63) is 54.5 Å². The molecule has 2 aromatic heterocycles. The number of nitrogens with one attached hydrogen (secondary N) is 1. The van der Waals surface area contributed by atoms with Crippen molar-refractivity contribution in [1.82, 2.24) is 24.8 Å². The number of likely N-dealkylation sites (tertiary alicyclic amines) is 1. The number of aromatic nitrogens is 3. The van der Waals surface area contributed by atoms with Crippen LogP contribution < -0.4 is 11.1 Å². The van der Waals surface area contributed by atoms with Crippen LogP contribution in [-0.2, 0) is 4.79 Å². The lowest BCUT2D eigenvalue weighted by Crippen LogP contribution is -2.37. The molecule has 1 saturated heterocycles. The van der Waals surface area contributed by atoms with Crippen molar-refractivity contribution >= 4 is 39.4 Å². The standard InChI is InChI=1S/C27H28N6O2/c1-16(34)32-11-9-20(10-12-32)33-14-23(24-25(28)29-15-30-26(24)33)18-5-8-21-17(13-18)3-2-4-22(21)27(35)31-19-6-7-19/h2-5,8,13-15,19-20H,6-7,9-12H2,1H3,(H,31,35)(H2,28,29,30). The van der Waals surface area contributed by atoms with E-state index in [1.54, 1.807) is 6.92 Å². The molecule has 0 bridgehead atoms. The Morgan fingerprint density at radius 2 is 1.86 bits per heavy atom. The lowest BCUT2D eigenvalue weighted by atomic mass is 9.98. The van der Waals surface area contributed by atoms with Gasteiger partial charge in [-0.05, 0) is 54.2 Å². The summed E-state index contributed by atoms with van der Waals surface area (Å²) in [5.41, 5.74) is 9.84. The number of hydrogen-bond donors (Lipinski definition) is 2. The van der Waals surface area contributed by atoms with E-state index in [-0.39, 0.29) is 17.9 Å². The van der Waals surface area contributed by atoms with Gasteiger partial charge in [0.1, 0.15) is 17.8 Å². The number of hydrogen-bond acceptors (Lipinski definition) is 5. The number of carbonyl (C=O) groups excluding carboxylic acids is 2. The van der Waals surface area contributed by atoms with Gasteiger partial charge in [0.2, 0.25) is 5.91 Å². The average molecular weight is 469 g/mol. The molecule has 178 valence electrons. The molecule has 0 radical (unpaired) electrons. The highest BCUT2D eigenvalue weighted by Crippen LogP contribution is 2.38. The third-order valence-electron chi connectivity index (χ3n) is 7.29. The highest BCUT2D eigenvalue weighted by molar-refractivity contribution is 6.09. The van der Waals surface area contributed by atoms with E-state index >= 15 is 0 Å². The lowest BCUT2D eigenvalue weighted by Gasteiger charge is -2.32. The van der Waals surface area contributed by atoms with Crippen LogP contribution in [0.3, 0.4) is 0 Å². The van der Waals surface area contributed by atoms with Gasteiger partial charge in [-0.2, -0.15) is 0 Å². The number of nitrogens with zero attached hydrogens (tertiary/aromatic N) is 4. The third-order valence-corrected chi connectivity index (χ3v) is 7.29. The predicted octanol–water partition coefficient (Wildman–Crippen LogP) is 3.91. The Labute approximate surface area is 203 Å². The molecule has 1 aliphatic heterocycles. The minimum absolute atomic E-state index is 0.0167. The first-order valence-electron chi connectivity index (χ1n) is 12.2. The van der Waals surface area contributed by atoms with Gasteiger partial charge in [-0.3, -0.25) is 9.59 Å². The summed E-state index contributed by atoms with van der Waals surface area (Å²) in [7, 11) is 0. The van der Waals surface area contributed by atoms with Gasteiger partial charge in [0, 0.05) is 49.4 Å². The van der Waals surface area contributed by atoms with Gasteiger partial charge in [0.25, 0.3) is 5.91 Å². The fourth-order valence-corrected chi connectivity index (χ4v) is 5.20. The molecule has 6 rings (SSSR count). The molecule has 2 amide bonds. The number of amides is 2. The molecular weight excluding hydrogens is 440 g/mol. The Balaban J connectivity index is 1.41. The summed E-state index contributed by atoms with van der Waals surface area (Å²) in [6.07, 6.45) is 7.47. The highest BCUT2D eigenvalue weighted by Gasteiger charge is 2.26. The van der Waals surface area contributed by atoms with Crippen molar-refractivity contribution in [3.8, 4) is 11.1 Å². The summed E-state index contributed by atoms with van der Waals surface area (Å²) in [6, 6.07) is 12.5. The number of fused-ring (bicyclic) bond motifs is 2. The monoisotopic (exact) mass is 468 g/mol. The first-order chi connectivity index (χ1) is 17.0. The molecule has 2 aliphatic rings. The van der Waals surface area contributed by atoms with Crippen LogP contribution in [0.15, 0.2) is 48.9 Å². The quantitative estimate of drug-likeness (QED) is 0.472. The Morgan fingerprint density at radius 3 is 2.60 bits per heavy atom. The normalized spacial score (nSPS) is 16.7. The number of piperidine rings is 1. The molecule has 0 spiro atoms. The van der Waals surface area contributed by atoms with Gasteiger partial charge in [-0.1, -0.05) is 24.3 Å². The third kappa shape index (κ3) is 3.88. The van der Waals surface area contributed by atoms with Crippen LogP contribution in [0.4, 0.5) is 5.82 Å². The molecule has 4 aromatic rings. The summed E-state index contributed by atoms with van der Waals surface area (Å²) < 4.78 is 2.20. The molecule has 2 fully saturated rings. The van der Waals surface area contributed by atoms with E-state index in [0.717, 1.165) is 71.7 Å². The largest absolute Gasteiger partial charge is 0.383 e. The second-order valence-electron chi connectivity index (χ2n) is 9.63. The van der Waals surface area contributed by atoms with Crippen molar-refractivity contribution in [2.75, 3.05) is 18.8 Å². The van der Waals surface area contributed by atoms with Crippen LogP contribution in [0.1, 0.15) is 49.0 Å². The molecule has 35 heavy (non-hydrogen) atoms. The van der Waals surface area contributed by atoms with Crippen molar-refractivity contribution < 1.29 is 9.59 Å². The van der Waals surface area contributed by atoms with Crippen LogP contribution in [0, 0.1) is 0 Å². The molecule has 3 heterocycles. The molecule has 1 aliphatic carbocycles.